The number of amides is 1. The zero-order valence-electron chi connectivity index (χ0n) is 19.6. The number of carbonyl (C=O) groups excluding carboxylic acids is 2. The monoisotopic (exact) mass is 512 g/mol. The second kappa shape index (κ2) is 9.61. The number of hydrogen-bond donors (Lipinski definition) is 1. The van der Waals surface area contributed by atoms with Crippen molar-refractivity contribution in [1.82, 2.24) is 14.1 Å². The molecule has 1 N–H and O–H groups in total. The van der Waals surface area contributed by atoms with Gasteiger partial charge in [0.1, 0.15) is 9.71 Å². The highest BCUT2D eigenvalue weighted by atomic mass is 32.2. The first-order chi connectivity index (χ1) is 16.6. The summed E-state index contributed by atoms with van der Waals surface area (Å²) in [5, 5.41) is 8.01. The fourth-order valence-corrected chi connectivity index (χ4v) is 5.39. The predicted molar refractivity (Wildman–Crippen MR) is 135 cm³/mol. The molecule has 0 bridgehead atoms. The number of nitrogens with zero attached hydrogens (tertiary/aromatic N) is 3. The number of fused-ring (bicyclic) bond motifs is 1. The van der Waals surface area contributed by atoms with E-state index < -0.39 is 28.5 Å². The zero-order valence-corrected chi connectivity index (χ0v) is 21.2. The van der Waals surface area contributed by atoms with Crippen molar-refractivity contribution in [3.05, 3.63) is 70.7 Å². The number of sulfonamides is 1. The number of carbonyl (C=O) groups is 2. The topological polar surface area (TPSA) is 111 Å². The summed E-state index contributed by atoms with van der Waals surface area (Å²) in [4.78, 5) is 26.3. The molecule has 35 heavy (non-hydrogen) atoms. The zero-order chi connectivity index (χ0) is 25.3. The third kappa shape index (κ3) is 4.97. The van der Waals surface area contributed by atoms with E-state index in [9.17, 15) is 18.0 Å². The molecule has 182 valence electrons. The van der Waals surface area contributed by atoms with Crippen LogP contribution in [0.25, 0.3) is 15.9 Å². The number of thiophene rings is 1. The Labute approximate surface area is 207 Å². The summed E-state index contributed by atoms with van der Waals surface area (Å²) < 4.78 is 32.9. The third-order valence-electron chi connectivity index (χ3n) is 5.34. The molecule has 0 aliphatic heterocycles. The van der Waals surface area contributed by atoms with Crippen LogP contribution < -0.4 is 5.32 Å². The van der Waals surface area contributed by atoms with Crippen LogP contribution in [0.2, 0.25) is 0 Å². The van der Waals surface area contributed by atoms with E-state index in [1.165, 1.54) is 37.6 Å². The highest BCUT2D eigenvalue weighted by molar-refractivity contribution is 7.89. The SMILES string of the molecule is Cc1ccc(S(=O)(=O)N(C)C)cc1NC(=O)COC(=O)c1cc2c(C)nn(-c3ccccc3)c2s1. The minimum Gasteiger partial charge on any atom is -0.451 e. The van der Waals surface area contributed by atoms with Crippen molar-refractivity contribution in [2.45, 2.75) is 18.7 Å². The number of para-hydroxylation sites is 1. The maximum atomic E-state index is 12.6. The molecule has 4 rings (SSSR count). The van der Waals surface area contributed by atoms with Gasteiger partial charge in [-0.2, -0.15) is 5.10 Å². The number of aromatic nitrogens is 2. The molecule has 4 aromatic rings. The summed E-state index contributed by atoms with van der Waals surface area (Å²) in [6, 6.07) is 15.8. The molecule has 2 heterocycles. The molecule has 0 unspecified atom stereocenters. The van der Waals surface area contributed by atoms with Gasteiger partial charge in [0.05, 0.1) is 16.3 Å². The van der Waals surface area contributed by atoms with E-state index in [0.717, 1.165) is 25.9 Å². The second-order valence-corrected chi connectivity index (χ2v) is 11.2. The number of ether oxygens (including phenoxy) is 1. The highest BCUT2D eigenvalue weighted by Crippen LogP contribution is 2.31. The first-order valence-corrected chi connectivity index (χ1v) is 12.9. The first-order valence-electron chi connectivity index (χ1n) is 10.6. The van der Waals surface area contributed by atoms with Crippen LogP contribution in [-0.4, -0.2) is 55.1 Å². The van der Waals surface area contributed by atoms with Crippen molar-refractivity contribution in [3.63, 3.8) is 0 Å². The Morgan fingerprint density at radius 3 is 2.49 bits per heavy atom. The number of benzene rings is 2. The third-order valence-corrected chi connectivity index (χ3v) is 8.24. The minimum absolute atomic E-state index is 0.0495. The number of anilines is 1. The number of nitrogens with one attached hydrogen (secondary N) is 1. The van der Waals surface area contributed by atoms with Crippen LogP contribution in [0.5, 0.6) is 0 Å². The van der Waals surface area contributed by atoms with Gasteiger partial charge in [0, 0.05) is 25.2 Å². The molecular formula is C24H24N4O5S2. The number of aryl methyl sites for hydroxylation is 2. The molecule has 1 amide bonds. The average molecular weight is 513 g/mol. The van der Waals surface area contributed by atoms with Crippen LogP contribution in [0.1, 0.15) is 20.9 Å². The number of rotatable bonds is 7. The summed E-state index contributed by atoms with van der Waals surface area (Å²) in [5.41, 5.74) is 2.66. The molecule has 0 saturated carbocycles. The molecule has 0 radical (unpaired) electrons. The van der Waals surface area contributed by atoms with Gasteiger partial charge >= 0.3 is 5.97 Å². The fourth-order valence-electron chi connectivity index (χ4n) is 3.39. The van der Waals surface area contributed by atoms with Gasteiger partial charge in [-0.3, -0.25) is 4.79 Å². The number of esters is 1. The van der Waals surface area contributed by atoms with Gasteiger partial charge in [0.15, 0.2) is 6.61 Å². The van der Waals surface area contributed by atoms with Crippen molar-refractivity contribution >= 4 is 49.1 Å². The first kappa shape index (κ1) is 24.6. The Hall–Kier alpha value is -3.54. The van der Waals surface area contributed by atoms with Gasteiger partial charge in [-0.25, -0.2) is 22.2 Å². The lowest BCUT2D eigenvalue weighted by molar-refractivity contribution is -0.119. The standard InChI is InChI=1S/C24H24N4O5S2/c1-15-10-11-18(35(31,32)27(3)4)12-20(15)25-22(29)14-33-24(30)21-13-19-16(2)26-28(23(19)34-21)17-8-6-5-7-9-17/h5-13H,14H2,1-4H3,(H,25,29). The van der Waals surface area contributed by atoms with Gasteiger partial charge in [-0.15, -0.1) is 11.3 Å². The molecule has 0 aliphatic carbocycles. The summed E-state index contributed by atoms with van der Waals surface area (Å²) in [6.45, 7) is 3.09. The Morgan fingerprint density at radius 1 is 1.09 bits per heavy atom. The van der Waals surface area contributed by atoms with E-state index in [1.807, 2.05) is 37.3 Å². The lowest BCUT2D eigenvalue weighted by Crippen LogP contribution is -2.23. The van der Waals surface area contributed by atoms with Crippen molar-refractivity contribution < 1.29 is 22.7 Å². The van der Waals surface area contributed by atoms with E-state index in [4.69, 9.17) is 4.74 Å². The largest absolute Gasteiger partial charge is 0.451 e. The maximum Gasteiger partial charge on any atom is 0.348 e. The van der Waals surface area contributed by atoms with Gasteiger partial charge in [-0.1, -0.05) is 24.3 Å². The van der Waals surface area contributed by atoms with Crippen molar-refractivity contribution in [1.29, 1.82) is 0 Å². The molecule has 11 heteroatoms. The van der Waals surface area contributed by atoms with Crippen LogP contribution in [0.4, 0.5) is 5.69 Å². The van der Waals surface area contributed by atoms with Crippen LogP contribution >= 0.6 is 11.3 Å². The lowest BCUT2D eigenvalue weighted by Gasteiger charge is -2.14. The van der Waals surface area contributed by atoms with Gasteiger partial charge in [-0.05, 0) is 49.7 Å². The summed E-state index contributed by atoms with van der Waals surface area (Å²) in [7, 11) is -0.797. The van der Waals surface area contributed by atoms with Crippen molar-refractivity contribution in [2.75, 3.05) is 26.0 Å². The van der Waals surface area contributed by atoms with Crippen molar-refractivity contribution in [3.8, 4) is 5.69 Å². The van der Waals surface area contributed by atoms with E-state index in [2.05, 4.69) is 10.4 Å². The molecule has 0 spiro atoms. The molecule has 0 saturated heterocycles. The fraction of sp³-hybridized carbons (Fsp3) is 0.208. The Kier molecular flexibility index (Phi) is 6.75. The molecule has 2 aromatic carbocycles. The van der Waals surface area contributed by atoms with Crippen molar-refractivity contribution in [2.24, 2.45) is 0 Å². The lowest BCUT2D eigenvalue weighted by atomic mass is 10.2. The average Bonchev–Trinajstić information content (AvgIpc) is 3.40. The minimum atomic E-state index is -3.66. The molecule has 9 nitrogen and oxygen atoms in total. The Bertz CT molecular complexity index is 1520. The van der Waals surface area contributed by atoms with Crippen LogP contribution in [0, 0.1) is 13.8 Å². The Morgan fingerprint density at radius 2 is 1.80 bits per heavy atom. The van der Waals surface area contributed by atoms with Gasteiger partial charge in [0.25, 0.3) is 5.91 Å². The van der Waals surface area contributed by atoms with E-state index in [0.29, 0.717) is 16.1 Å². The second-order valence-electron chi connectivity index (χ2n) is 8.05. The van der Waals surface area contributed by atoms with Gasteiger partial charge in [0.2, 0.25) is 10.0 Å². The summed E-state index contributed by atoms with van der Waals surface area (Å²) >= 11 is 1.24. The van der Waals surface area contributed by atoms with Crippen LogP contribution in [-0.2, 0) is 19.6 Å². The van der Waals surface area contributed by atoms with E-state index in [-0.39, 0.29) is 4.90 Å². The Balaban J connectivity index is 1.46. The van der Waals surface area contributed by atoms with Crippen LogP contribution in [0.15, 0.2) is 59.5 Å². The molecule has 0 fully saturated rings. The smallest absolute Gasteiger partial charge is 0.348 e. The summed E-state index contributed by atoms with van der Waals surface area (Å²) in [6.07, 6.45) is 0. The molecular weight excluding hydrogens is 488 g/mol. The van der Waals surface area contributed by atoms with Crippen LogP contribution in [0.3, 0.4) is 0 Å². The molecule has 2 aromatic heterocycles. The van der Waals surface area contributed by atoms with Gasteiger partial charge < -0.3 is 10.1 Å². The normalized spacial score (nSPS) is 11.7. The number of hydrogen-bond acceptors (Lipinski definition) is 7. The maximum absolute atomic E-state index is 12.6. The quantitative estimate of drug-likeness (QED) is 0.378. The molecule has 0 aliphatic rings. The predicted octanol–water partition coefficient (Wildman–Crippen LogP) is 3.75. The summed E-state index contributed by atoms with van der Waals surface area (Å²) in [5.74, 6) is -1.20. The van der Waals surface area contributed by atoms with E-state index in [1.54, 1.807) is 23.7 Å². The van der Waals surface area contributed by atoms with E-state index >= 15 is 0 Å². The molecule has 0 atom stereocenters. The highest BCUT2D eigenvalue weighted by Gasteiger charge is 2.21.